The van der Waals surface area contributed by atoms with E-state index in [9.17, 15) is 4.79 Å². The van der Waals surface area contributed by atoms with E-state index in [0.717, 1.165) is 22.8 Å². The van der Waals surface area contributed by atoms with Crippen LogP contribution in [-0.2, 0) is 13.0 Å². The first-order valence-electron chi connectivity index (χ1n) is 10.5. The van der Waals surface area contributed by atoms with Crippen molar-refractivity contribution in [2.24, 2.45) is 0 Å². The molecule has 0 amide bonds. The van der Waals surface area contributed by atoms with Gasteiger partial charge in [-0.25, -0.2) is 0 Å². The first kappa shape index (κ1) is 21.7. The fourth-order valence-corrected chi connectivity index (χ4v) is 4.12. The van der Waals surface area contributed by atoms with Gasteiger partial charge in [0.2, 0.25) is 0 Å². The lowest BCUT2D eigenvalue weighted by Gasteiger charge is -2.06. The summed E-state index contributed by atoms with van der Waals surface area (Å²) in [5.41, 5.74) is 1.24. The highest BCUT2D eigenvalue weighted by Gasteiger charge is 2.08. The third-order valence-corrected chi connectivity index (χ3v) is 5.82. The van der Waals surface area contributed by atoms with E-state index in [1.807, 2.05) is 73.7 Å². The molecule has 0 aliphatic rings. The molecule has 0 unspecified atom stereocenters. The van der Waals surface area contributed by atoms with Crippen LogP contribution < -0.4 is 9.47 Å². The predicted octanol–water partition coefficient (Wildman–Crippen LogP) is 6.81. The van der Waals surface area contributed by atoms with Crippen LogP contribution in [0.5, 0.6) is 11.5 Å². The van der Waals surface area contributed by atoms with Crippen LogP contribution in [0.25, 0.3) is 6.08 Å². The van der Waals surface area contributed by atoms with Crippen LogP contribution in [0.15, 0.2) is 89.4 Å². The molecule has 4 nitrogen and oxygen atoms in total. The summed E-state index contributed by atoms with van der Waals surface area (Å²) >= 11 is 1.53. The highest BCUT2D eigenvalue weighted by molar-refractivity contribution is 7.14. The Morgan fingerprint density at radius 1 is 0.906 bits per heavy atom. The quantitative estimate of drug-likeness (QED) is 0.199. The van der Waals surface area contributed by atoms with Crippen molar-refractivity contribution < 1.29 is 18.7 Å². The monoisotopic (exact) mass is 444 g/mol. The molecule has 0 saturated heterocycles. The van der Waals surface area contributed by atoms with Crippen molar-refractivity contribution in [1.82, 2.24) is 0 Å². The van der Waals surface area contributed by atoms with Crippen LogP contribution in [0.4, 0.5) is 0 Å². The molecule has 2 aromatic heterocycles. The summed E-state index contributed by atoms with van der Waals surface area (Å²) in [4.78, 5) is 14.4. The second-order valence-electron chi connectivity index (χ2n) is 7.12. The number of furan rings is 1. The van der Waals surface area contributed by atoms with Crippen molar-refractivity contribution in [3.8, 4) is 11.5 Å². The molecule has 32 heavy (non-hydrogen) atoms. The van der Waals surface area contributed by atoms with Crippen LogP contribution in [0.1, 0.15) is 38.6 Å². The van der Waals surface area contributed by atoms with Crippen molar-refractivity contribution in [2.45, 2.75) is 20.0 Å². The van der Waals surface area contributed by atoms with Crippen molar-refractivity contribution in [3.05, 3.63) is 112 Å². The maximum absolute atomic E-state index is 12.5. The molecule has 0 fully saturated rings. The van der Waals surface area contributed by atoms with Crippen molar-refractivity contribution in [3.63, 3.8) is 0 Å². The van der Waals surface area contributed by atoms with E-state index in [1.165, 1.54) is 21.8 Å². The summed E-state index contributed by atoms with van der Waals surface area (Å²) in [7, 11) is 0. The molecule has 0 N–H and O–H groups in total. The van der Waals surface area contributed by atoms with Gasteiger partial charge in [0.1, 0.15) is 29.6 Å². The molecule has 0 aliphatic heterocycles. The molecule has 0 atom stereocenters. The second-order valence-corrected chi connectivity index (χ2v) is 8.29. The highest BCUT2D eigenvalue weighted by Crippen LogP contribution is 2.22. The normalized spacial score (nSPS) is 11.0. The maximum Gasteiger partial charge on any atom is 0.195 e. The fourth-order valence-electron chi connectivity index (χ4n) is 3.16. The molecule has 0 saturated carbocycles. The molecule has 2 aromatic carbocycles. The zero-order chi connectivity index (χ0) is 22.2. The first-order chi connectivity index (χ1) is 15.7. The number of ether oxygens (including phenoxy) is 2. The van der Waals surface area contributed by atoms with E-state index in [-0.39, 0.29) is 5.78 Å². The van der Waals surface area contributed by atoms with Gasteiger partial charge in [0.15, 0.2) is 5.78 Å². The molecule has 5 heteroatoms. The van der Waals surface area contributed by atoms with E-state index in [0.29, 0.717) is 24.7 Å². The van der Waals surface area contributed by atoms with E-state index in [1.54, 1.807) is 12.2 Å². The molecule has 4 aromatic rings. The SMILES string of the molecule is CCOc1ccc(OCc2ccc(/C=C/C(=O)c3ccc(Cc4ccccc4)s3)o2)cc1. The molecule has 0 bridgehead atoms. The summed E-state index contributed by atoms with van der Waals surface area (Å²) in [6, 6.07) is 25.3. The van der Waals surface area contributed by atoms with Crippen LogP contribution >= 0.6 is 11.3 Å². The van der Waals surface area contributed by atoms with Gasteiger partial charge in [-0.3, -0.25) is 4.79 Å². The molecular weight excluding hydrogens is 420 g/mol. The van der Waals surface area contributed by atoms with Crippen LogP contribution in [0.3, 0.4) is 0 Å². The largest absolute Gasteiger partial charge is 0.494 e. The molecule has 0 radical (unpaired) electrons. The zero-order valence-electron chi connectivity index (χ0n) is 17.8. The zero-order valence-corrected chi connectivity index (χ0v) is 18.6. The van der Waals surface area contributed by atoms with Crippen molar-refractivity contribution in [1.29, 1.82) is 0 Å². The number of benzene rings is 2. The van der Waals surface area contributed by atoms with Gasteiger partial charge in [-0.2, -0.15) is 0 Å². The summed E-state index contributed by atoms with van der Waals surface area (Å²) in [6.07, 6.45) is 4.08. The molecular formula is C27H24O4S. The maximum atomic E-state index is 12.5. The van der Waals surface area contributed by atoms with Crippen molar-refractivity contribution in [2.75, 3.05) is 6.61 Å². The average Bonchev–Trinajstić information content (AvgIpc) is 3.48. The first-order valence-corrected chi connectivity index (χ1v) is 11.3. The Morgan fingerprint density at radius 3 is 2.41 bits per heavy atom. The van der Waals surface area contributed by atoms with Gasteiger partial charge < -0.3 is 13.9 Å². The lowest BCUT2D eigenvalue weighted by molar-refractivity contribution is 0.105. The molecule has 2 heterocycles. The molecule has 0 aliphatic carbocycles. The van der Waals surface area contributed by atoms with Gasteiger partial charge in [-0.05, 0) is 73.2 Å². The van der Waals surface area contributed by atoms with E-state index in [2.05, 4.69) is 12.1 Å². The van der Waals surface area contributed by atoms with Crippen LogP contribution in [-0.4, -0.2) is 12.4 Å². The number of carbonyl (C=O) groups is 1. The Labute approximate surface area is 191 Å². The highest BCUT2D eigenvalue weighted by atomic mass is 32.1. The molecule has 4 rings (SSSR count). The topological polar surface area (TPSA) is 48.7 Å². The third kappa shape index (κ3) is 5.99. The predicted molar refractivity (Wildman–Crippen MR) is 128 cm³/mol. The third-order valence-electron chi connectivity index (χ3n) is 4.72. The number of ketones is 1. The van der Waals surface area contributed by atoms with E-state index >= 15 is 0 Å². The van der Waals surface area contributed by atoms with E-state index < -0.39 is 0 Å². The minimum absolute atomic E-state index is 0.0297. The Balaban J connectivity index is 1.30. The Hall–Kier alpha value is -3.57. The smallest absolute Gasteiger partial charge is 0.195 e. The Morgan fingerprint density at radius 2 is 1.66 bits per heavy atom. The second kappa shape index (κ2) is 10.6. The molecule has 0 spiro atoms. The van der Waals surface area contributed by atoms with Crippen LogP contribution in [0.2, 0.25) is 0 Å². The van der Waals surface area contributed by atoms with E-state index in [4.69, 9.17) is 13.9 Å². The van der Waals surface area contributed by atoms with Crippen molar-refractivity contribution >= 4 is 23.2 Å². The fraction of sp³-hybridized carbons (Fsp3) is 0.148. The summed E-state index contributed by atoms with van der Waals surface area (Å²) < 4.78 is 16.9. The lowest BCUT2D eigenvalue weighted by Crippen LogP contribution is -1.94. The van der Waals surface area contributed by atoms with Gasteiger partial charge in [0, 0.05) is 11.3 Å². The Kier molecular flexibility index (Phi) is 7.20. The number of hydrogen-bond acceptors (Lipinski definition) is 5. The van der Waals surface area contributed by atoms with Gasteiger partial charge >= 0.3 is 0 Å². The Bertz CT molecular complexity index is 1170. The minimum atomic E-state index is -0.0297. The summed E-state index contributed by atoms with van der Waals surface area (Å²) in [6.45, 7) is 2.89. The number of thiophene rings is 1. The summed E-state index contributed by atoms with van der Waals surface area (Å²) in [5, 5.41) is 0. The number of carbonyl (C=O) groups excluding carboxylic acids is 1. The number of allylic oxidation sites excluding steroid dienone is 1. The van der Waals surface area contributed by atoms with Crippen LogP contribution in [0, 0.1) is 0 Å². The average molecular weight is 445 g/mol. The molecule has 162 valence electrons. The van der Waals surface area contributed by atoms with Gasteiger partial charge in [-0.15, -0.1) is 11.3 Å². The number of rotatable bonds is 10. The van der Waals surface area contributed by atoms with Gasteiger partial charge in [0.05, 0.1) is 11.5 Å². The minimum Gasteiger partial charge on any atom is -0.494 e. The van der Waals surface area contributed by atoms with Gasteiger partial charge in [-0.1, -0.05) is 30.3 Å². The lowest BCUT2D eigenvalue weighted by atomic mass is 10.1. The standard InChI is InChI=1S/C27H24O4S/c1-2-29-21-8-10-22(11-9-21)30-19-24-13-12-23(31-24)14-16-26(28)27-17-15-25(32-27)18-20-6-4-3-5-7-20/h3-17H,2,18-19H2,1H3/b16-14+. The van der Waals surface area contributed by atoms with Gasteiger partial charge in [0.25, 0.3) is 0 Å². The number of hydrogen-bond donors (Lipinski definition) is 0. The summed E-state index contributed by atoms with van der Waals surface area (Å²) in [5.74, 6) is 2.82.